The molecule has 2 N–H and O–H groups in total. The van der Waals surface area contributed by atoms with E-state index in [1.807, 2.05) is 48.5 Å². The van der Waals surface area contributed by atoms with Gasteiger partial charge in [0.2, 0.25) is 10.0 Å². The van der Waals surface area contributed by atoms with Crippen molar-refractivity contribution in [1.82, 2.24) is 10.0 Å². The maximum atomic E-state index is 12.2. The van der Waals surface area contributed by atoms with Crippen LogP contribution in [-0.2, 0) is 10.0 Å². The molecule has 0 saturated carbocycles. The van der Waals surface area contributed by atoms with Crippen molar-refractivity contribution in [3.8, 4) is 0 Å². The van der Waals surface area contributed by atoms with Crippen LogP contribution in [0.1, 0.15) is 63.7 Å². The number of nitrogens with one attached hydrogen (secondary N) is 2. The predicted molar refractivity (Wildman–Crippen MR) is 134 cm³/mol. The van der Waals surface area contributed by atoms with Gasteiger partial charge in [-0.25, -0.2) is 13.1 Å². The molecule has 2 atom stereocenters. The first-order chi connectivity index (χ1) is 15.2. The Morgan fingerprint density at radius 3 is 1.72 bits per heavy atom. The topological polar surface area (TPSA) is 58.2 Å². The first kappa shape index (κ1) is 24.4. The second-order valence-electron chi connectivity index (χ2n) is 8.93. The number of sulfonamides is 1. The second kappa shape index (κ2) is 10.6. The highest BCUT2D eigenvalue weighted by Gasteiger charge is 2.28. The van der Waals surface area contributed by atoms with E-state index in [1.54, 1.807) is 0 Å². The van der Waals surface area contributed by atoms with Crippen LogP contribution in [0.5, 0.6) is 0 Å². The van der Waals surface area contributed by atoms with Gasteiger partial charge in [0.25, 0.3) is 0 Å². The van der Waals surface area contributed by atoms with E-state index in [1.165, 1.54) is 28.5 Å². The Hall–Kier alpha value is -2.21. The molecule has 4 nitrogen and oxygen atoms in total. The molecule has 1 aliphatic rings. The summed E-state index contributed by atoms with van der Waals surface area (Å²) in [5.74, 6) is 0.519. The van der Waals surface area contributed by atoms with Crippen molar-refractivity contribution in [2.45, 2.75) is 52.6 Å². The Balaban J connectivity index is 1.79. The number of allylic oxidation sites excluding steroid dienone is 4. The number of benzene rings is 2. The molecule has 1 aliphatic carbocycles. The van der Waals surface area contributed by atoms with Crippen LogP contribution < -0.4 is 10.0 Å². The van der Waals surface area contributed by atoms with Crippen LogP contribution in [-0.4, -0.2) is 21.2 Å². The second-order valence-corrected chi connectivity index (χ2v) is 10.7. The van der Waals surface area contributed by atoms with E-state index in [0.717, 1.165) is 30.5 Å². The van der Waals surface area contributed by atoms with Crippen LogP contribution >= 0.6 is 0 Å². The standard InChI is InChI=1S/C27H36N2O2S/c1-19-20(2)22(4)25(21(19)3)17-12-18-28-26(23-13-8-6-9-14-23)27(29-32(5,30)31)24-15-10-7-11-16-24/h6-11,13-16,25-29H,12,17-18H2,1-5H3/t26-,27-/m0/s1. The Labute approximate surface area is 193 Å². The van der Waals surface area contributed by atoms with Gasteiger partial charge in [0.05, 0.1) is 18.3 Å². The van der Waals surface area contributed by atoms with E-state index in [4.69, 9.17) is 0 Å². The summed E-state index contributed by atoms with van der Waals surface area (Å²) >= 11 is 0. The van der Waals surface area contributed by atoms with Crippen LogP contribution in [0.25, 0.3) is 0 Å². The maximum absolute atomic E-state index is 12.2. The molecular weight excluding hydrogens is 416 g/mol. The Bertz CT molecular complexity index is 1050. The number of rotatable bonds is 10. The third-order valence-corrected chi connectivity index (χ3v) is 7.50. The molecule has 0 fully saturated rings. The highest BCUT2D eigenvalue weighted by Crippen LogP contribution is 2.39. The van der Waals surface area contributed by atoms with Crippen LogP contribution in [0.3, 0.4) is 0 Å². The van der Waals surface area contributed by atoms with Crippen LogP contribution in [0.4, 0.5) is 0 Å². The lowest BCUT2D eigenvalue weighted by atomic mass is 9.91. The van der Waals surface area contributed by atoms with E-state index in [2.05, 4.69) is 49.9 Å². The molecule has 2 aromatic rings. The van der Waals surface area contributed by atoms with Gasteiger partial charge in [-0.05, 0) is 69.4 Å². The highest BCUT2D eigenvalue weighted by molar-refractivity contribution is 7.88. The molecule has 32 heavy (non-hydrogen) atoms. The third kappa shape index (κ3) is 5.97. The maximum Gasteiger partial charge on any atom is 0.209 e. The van der Waals surface area contributed by atoms with E-state index in [-0.39, 0.29) is 6.04 Å². The summed E-state index contributed by atoms with van der Waals surface area (Å²) in [6.45, 7) is 9.76. The zero-order valence-corrected chi connectivity index (χ0v) is 20.7. The zero-order chi connectivity index (χ0) is 23.3. The summed E-state index contributed by atoms with van der Waals surface area (Å²) in [6.07, 6.45) is 3.33. The molecule has 172 valence electrons. The molecule has 5 heteroatoms. The quantitative estimate of drug-likeness (QED) is 0.455. The average molecular weight is 453 g/mol. The van der Waals surface area contributed by atoms with Crippen molar-refractivity contribution < 1.29 is 8.42 Å². The molecule has 0 saturated heterocycles. The molecule has 2 aromatic carbocycles. The van der Waals surface area contributed by atoms with Gasteiger partial charge in [-0.1, -0.05) is 71.8 Å². The number of hydrogen-bond donors (Lipinski definition) is 2. The smallest absolute Gasteiger partial charge is 0.209 e. The average Bonchev–Trinajstić information content (AvgIpc) is 2.96. The minimum atomic E-state index is -3.40. The molecule has 0 aromatic heterocycles. The highest BCUT2D eigenvalue weighted by atomic mass is 32.2. The Morgan fingerprint density at radius 2 is 1.25 bits per heavy atom. The zero-order valence-electron chi connectivity index (χ0n) is 19.9. The van der Waals surface area contributed by atoms with Gasteiger partial charge in [0.15, 0.2) is 0 Å². The lowest BCUT2D eigenvalue weighted by molar-refractivity contribution is 0.414. The molecule has 0 amide bonds. The molecular formula is C27H36N2O2S. The summed E-state index contributed by atoms with van der Waals surface area (Å²) in [5.41, 5.74) is 7.85. The molecule has 0 radical (unpaired) electrons. The van der Waals surface area contributed by atoms with E-state index in [9.17, 15) is 8.42 Å². The third-order valence-electron chi connectivity index (χ3n) is 6.82. The van der Waals surface area contributed by atoms with Gasteiger partial charge in [0, 0.05) is 5.92 Å². The summed E-state index contributed by atoms with van der Waals surface area (Å²) in [6, 6.07) is 19.3. The Kier molecular flexibility index (Phi) is 8.10. The number of hydrogen-bond acceptors (Lipinski definition) is 3. The van der Waals surface area contributed by atoms with Crippen LogP contribution in [0, 0.1) is 5.92 Å². The Morgan fingerprint density at radius 1 is 0.781 bits per heavy atom. The SMILES string of the molecule is CC1=C(C)C(CCCN[C@@H](c2ccccc2)[C@@H](NS(C)(=O)=O)c2ccccc2)C(C)=C1C. The van der Waals surface area contributed by atoms with Gasteiger partial charge >= 0.3 is 0 Å². The summed E-state index contributed by atoms with van der Waals surface area (Å²) in [7, 11) is -3.40. The fraction of sp³-hybridized carbons (Fsp3) is 0.407. The van der Waals surface area contributed by atoms with Crippen LogP contribution in [0.2, 0.25) is 0 Å². The van der Waals surface area contributed by atoms with Crippen molar-refractivity contribution in [3.05, 3.63) is 94.1 Å². The van der Waals surface area contributed by atoms with E-state index >= 15 is 0 Å². The first-order valence-corrected chi connectivity index (χ1v) is 13.2. The fourth-order valence-electron chi connectivity index (χ4n) is 4.74. The molecule has 0 bridgehead atoms. The van der Waals surface area contributed by atoms with Crippen molar-refractivity contribution in [3.63, 3.8) is 0 Å². The molecule has 0 aliphatic heterocycles. The summed E-state index contributed by atoms with van der Waals surface area (Å²) in [4.78, 5) is 0. The molecule has 3 rings (SSSR count). The van der Waals surface area contributed by atoms with Gasteiger partial charge in [0.1, 0.15) is 0 Å². The molecule has 0 spiro atoms. The molecule has 0 unspecified atom stereocenters. The van der Waals surface area contributed by atoms with Crippen molar-refractivity contribution >= 4 is 10.0 Å². The first-order valence-electron chi connectivity index (χ1n) is 11.3. The fourth-order valence-corrected chi connectivity index (χ4v) is 5.48. The lowest BCUT2D eigenvalue weighted by Crippen LogP contribution is -2.38. The van der Waals surface area contributed by atoms with Crippen molar-refractivity contribution in [1.29, 1.82) is 0 Å². The van der Waals surface area contributed by atoms with Crippen LogP contribution in [0.15, 0.2) is 83.0 Å². The predicted octanol–water partition coefficient (Wildman–Crippen LogP) is 5.69. The van der Waals surface area contributed by atoms with E-state index < -0.39 is 16.1 Å². The monoisotopic (exact) mass is 452 g/mol. The van der Waals surface area contributed by atoms with E-state index in [0.29, 0.717) is 5.92 Å². The van der Waals surface area contributed by atoms with Crippen molar-refractivity contribution in [2.75, 3.05) is 12.8 Å². The minimum absolute atomic E-state index is 0.173. The minimum Gasteiger partial charge on any atom is -0.308 e. The van der Waals surface area contributed by atoms with Gasteiger partial charge < -0.3 is 5.32 Å². The van der Waals surface area contributed by atoms with Crippen molar-refractivity contribution in [2.24, 2.45) is 5.92 Å². The normalized spacial score (nSPS) is 17.2. The van der Waals surface area contributed by atoms with Gasteiger partial charge in [-0.2, -0.15) is 0 Å². The lowest BCUT2D eigenvalue weighted by Gasteiger charge is -2.29. The largest absolute Gasteiger partial charge is 0.308 e. The van der Waals surface area contributed by atoms with Gasteiger partial charge in [-0.3, -0.25) is 0 Å². The van der Waals surface area contributed by atoms with Gasteiger partial charge in [-0.15, -0.1) is 0 Å². The summed E-state index contributed by atoms with van der Waals surface area (Å²) in [5, 5.41) is 3.67. The molecule has 0 heterocycles. The summed E-state index contributed by atoms with van der Waals surface area (Å²) < 4.78 is 27.4.